The standard InChI is InChI=1S/C15H16Cl2N6O4/c1-2-22(5-6-24)14-12(23(26)27)13(18-8-19-14)20-21-15(25)10-4-3-9(16)7-11(10)17/h3-4,7-8,24H,2,5-6H2,1H3,(H,21,25)(H,18,19,20). The Morgan fingerprint density at radius 3 is 2.70 bits per heavy atom. The summed E-state index contributed by atoms with van der Waals surface area (Å²) in [6, 6.07) is 4.31. The highest BCUT2D eigenvalue weighted by molar-refractivity contribution is 6.36. The Morgan fingerprint density at radius 2 is 2.11 bits per heavy atom. The molecule has 10 nitrogen and oxygen atoms in total. The van der Waals surface area contributed by atoms with Gasteiger partial charge in [0.25, 0.3) is 5.91 Å². The van der Waals surface area contributed by atoms with Gasteiger partial charge in [0.05, 0.1) is 22.1 Å². The normalized spacial score (nSPS) is 10.4. The number of carbonyl (C=O) groups excluding carboxylic acids is 1. The van der Waals surface area contributed by atoms with Gasteiger partial charge in [-0.25, -0.2) is 9.97 Å². The molecule has 1 aromatic heterocycles. The maximum Gasteiger partial charge on any atom is 0.355 e. The zero-order valence-corrected chi connectivity index (χ0v) is 15.7. The Balaban J connectivity index is 2.28. The minimum absolute atomic E-state index is 0.0211. The van der Waals surface area contributed by atoms with E-state index >= 15 is 0 Å². The number of anilines is 2. The smallest absolute Gasteiger partial charge is 0.355 e. The van der Waals surface area contributed by atoms with Gasteiger partial charge in [0.1, 0.15) is 6.33 Å². The van der Waals surface area contributed by atoms with E-state index < -0.39 is 16.5 Å². The fourth-order valence-corrected chi connectivity index (χ4v) is 2.75. The number of aromatic nitrogens is 2. The Morgan fingerprint density at radius 1 is 1.37 bits per heavy atom. The highest BCUT2D eigenvalue weighted by atomic mass is 35.5. The first-order valence-electron chi connectivity index (χ1n) is 7.75. The first-order valence-corrected chi connectivity index (χ1v) is 8.51. The molecule has 0 saturated heterocycles. The molecule has 2 aromatic rings. The third-order valence-electron chi connectivity index (χ3n) is 3.51. The Kier molecular flexibility index (Phi) is 7.11. The van der Waals surface area contributed by atoms with E-state index in [0.29, 0.717) is 11.6 Å². The molecule has 0 radical (unpaired) electrons. The summed E-state index contributed by atoms with van der Waals surface area (Å²) in [6.07, 6.45) is 1.12. The summed E-state index contributed by atoms with van der Waals surface area (Å²) in [6.45, 7) is 2.09. The summed E-state index contributed by atoms with van der Waals surface area (Å²) < 4.78 is 0. The van der Waals surface area contributed by atoms with E-state index in [1.54, 1.807) is 6.92 Å². The molecule has 0 atom stereocenters. The van der Waals surface area contributed by atoms with E-state index in [2.05, 4.69) is 20.8 Å². The first kappa shape index (κ1) is 20.6. The van der Waals surface area contributed by atoms with Crippen LogP contribution in [0.2, 0.25) is 10.0 Å². The lowest BCUT2D eigenvalue weighted by Gasteiger charge is -2.21. The molecule has 0 spiro atoms. The molecular formula is C15H16Cl2N6O4. The van der Waals surface area contributed by atoms with Crippen molar-refractivity contribution in [3.05, 3.63) is 50.2 Å². The SMILES string of the molecule is CCN(CCO)c1ncnc(NNC(=O)c2ccc(Cl)cc2Cl)c1[N+](=O)[O-]. The highest BCUT2D eigenvalue weighted by Gasteiger charge is 2.26. The first-order chi connectivity index (χ1) is 12.9. The second-order valence-corrected chi connectivity index (χ2v) is 6.00. The highest BCUT2D eigenvalue weighted by Crippen LogP contribution is 2.31. The topological polar surface area (TPSA) is 134 Å². The summed E-state index contributed by atoms with van der Waals surface area (Å²) in [7, 11) is 0. The molecule has 0 aliphatic carbocycles. The molecule has 1 amide bonds. The van der Waals surface area contributed by atoms with Crippen LogP contribution in [0.1, 0.15) is 17.3 Å². The molecule has 144 valence electrons. The van der Waals surface area contributed by atoms with Gasteiger partial charge in [-0.1, -0.05) is 23.2 Å². The van der Waals surface area contributed by atoms with Gasteiger partial charge in [-0.2, -0.15) is 0 Å². The van der Waals surface area contributed by atoms with Gasteiger partial charge in [0.15, 0.2) is 0 Å². The number of nitrogens with zero attached hydrogens (tertiary/aromatic N) is 4. The number of likely N-dealkylation sites (N-methyl/N-ethyl adjacent to an activating group) is 1. The van der Waals surface area contributed by atoms with Crippen molar-refractivity contribution in [3.8, 4) is 0 Å². The number of nitro groups is 1. The van der Waals surface area contributed by atoms with Crippen molar-refractivity contribution >= 4 is 46.4 Å². The summed E-state index contributed by atoms with van der Waals surface area (Å²) in [5, 5.41) is 21.1. The van der Waals surface area contributed by atoms with Crippen LogP contribution in [-0.4, -0.2) is 45.6 Å². The molecule has 0 fully saturated rings. The Labute approximate surface area is 164 Å². The minimum Gasteiger partial charge on any atom is -0.395 e. The molecule has 2 rings (SSSR count). The molecule has 0 saturated carbocycles. The molecule has 0 aliphatic rings. The van der Waals surface area contributed by atoms with Crippen molar-refractivity contribution in [2.75, 3.05) is 30.0 Å². The lowest BCUT2D eigenvalue weighted by atomic mass is 10.2. The summed E-state index contributed by atoms with van der Waals surface area (Å²) in [5.74, 6) is -0.818. The van der Waals surface area contributed by atoms with Crippen LogP contribution in [0.5, 0.6) is 0 Å². The summed E-state index contributed by atoms with van der Waals surface area (Å²) in [5.41, 5.74) is 4.42. The number of nitrogens with one attached hydrogen (secondary N) is 2. The number of hydrazine groups is 1. The zero-order chi connectivity index (χ0) is 20.0. The molecule has 1 heterocycles. The van der Waals surface area contributed by atoms with Crippen molar-refractivity contribution in [3.63, 3.8) is 0 Å². The third kappa shape index (κ3) is 4.94. The summed E-state index contributed by atoms with van der Waals surface area (Å²) in [4.78, 5) is 32.4. The lowest BCUT2D eigenvalue weighted by Crippen LogP contribution is -2.32. The fraction of sp³-hybridized carbons (Fsp3) is 0.267. The van der Waals surface area contributed by atoms with Crippen molar-refractivity contribution in [1.29, 1.82) is 0 Å². The number of carbonyl (C=O) groups is 1. The molecule has 0 aliphatic heterocycles. The van der Waals surface area contributed by atoms with E-state index in [9.17, 15) is 14.9 Å². The molecule has 0 unspecified atom stereocenters. The van der Waals surface area contributed by atoms with Crippen LogP contribution in [-0.2, 0) is 0 Å². The van der Waals surface area contributed by atoms with Crippen LogP contribution >= 0.6 is 23.2 Å². The van der Waals surface area contributed by atoms with Crippen molar-refractivity contribution in [2.24, 2.45) is 0 Å². The van der Waals surface area contributed by atoms with Gasteiger partial charge in [0.2, 0.25) is 11.6 Å². The lowest BCUT2D eigenvalue weighted by molar-refractivity contribution is -0.383. The quantitative estimate of drug-likeness (QED) is 0.442. The predicted molar refractivity (Wildman–Crippen MR) is 101 cm³/mol. The number of aliphatic hydroxyl groups excluding tert-OH is 1. The van der Waals surface area contributed by atoms with Crippen LogP contribution in [0, 0.1) is 10.1 Å². The number of rotatable bonds is 8. The number of halogens is 2. The zero-order valence-electron chi connectivity index (χ0n) is 14.1. The average Bonchev–Trinajstić information content (AvgIpc) is 2.63. The fourth-order valence-electron chi connectivity index (χ4n) is 2.25. The van der Waals surface area contributed by atoms with Crippen molar-refractivity contribution in [2.45, 2.75) is 6.92 Å². The Hall–Kier alpha value is -2.69. The molecular weight excluding hydrogens is 399 g/mol. The van der Waals surface area contributed by atoms with E-state index in [1.807, 2.05) is 0 Å². The number of hydrogen-bond donors (Lipinski definition) is 3. The van der Waals surface area contributed by atoms with E-state index in [4.69, 9.17) is 28.3 Å². The van der Waals surface area contributed by atoms with Gasteiger partial charge >= 0.3 is 5.69 Å². The Bertz CT molecular complexity index is 851. The van der Waals surface area contributed by atoms with Crippen LogP contribution in [0.15, 0.2) is 24.5 Å². The van der Waals surface area contributed by atoms with Gasteiger partial charge < -0.3 is 10.0 Å². The molecule has 3 N–H and O–H groups in total. The van der Waals surface area contributed by atoms with Crippen LogP contribution < -0.4 is 15.8 Å². The monoisotopic (exact) mass is 414 g/mol. The predicted octanol–water partition coefficient (Wildman–Crippen LogP) is 2.27. The maximum atomic E-state index is 12.3. The second kappa shape index (κ2) is 9.31. The molecule has 0 bridgehead atoms. The van der Waals surface area contributed by atoms with E-state index in [1.165, 1.54) is 23.1 Å². The maximum absolute atomic E-state index is 12.3. The number of benzene rings is 1. The van der Waals surface area contributed by atoms with E-state index in [-0.39, 0.29) is 35.4 Å². The van der Waals surface area contributed by atoms with Crippen LogP contribution in [0.25, 0.3) is 0 Å². The number of hydrogen-bond acceptors (Lipinski definition) is 8. The van der Waals surface area contributed by atoms with Gasteiger partial charge in [0, 0.05) is 18.1 Å². The number of amides is 1. The van der Waals surface area contributed by atoms with Gasteiger partial charge in [-0.15, -0.1) is 0 Å². The minimum atomic E-state index is -0.668. The van der Waals surface area contributed by atoms with Crippen molar-refractivity contribution < 1.29 is 14.8 Å². The van der Waals surface area contributed by atoms with Crippen LogP contribution in [0.3, 0.4) is 0 Å². The molecule has 27 heavy (non-hydrogen) atoms. The average molecular weight is 415 g/mol. The second-order valence-electron chi connectivity index (χ2n) is 5.16. The van der Waals surface area contributed by atoms with Gasteiger partial charge in [-0.05, 0) is 25.1 Å². The van der Waals surface area contributed by atoms with Crippen molar-refractivity contribution in [1.82, 2.24) is 15.4 Å². The molecule has 1 aromatic carbocycles. The largest absolute Gasteiger partial charge is 0.395 e. The van der Waals surface area contributed by atoms with Gasteiger partial charge in [-0.3, -0.25) is 25.8 Å². The van der Waals surface area contributed by atoms with E-state index in [0.717, 1.165) is 6.33 Å². The van der Waals surface area contributed by atoms with Crippen LogP contribution in [0.4, 0.5) is 17.3 Å². The summed E-state index contributed by atoms with van der Waals surface area (Å²) >= 11 is 11.8. The number of aliphatic hydroxyl groups is 1. The molecule has 12 heteroatoms. The third-order valence-corrected chi connectivity index (χ3v) is 4.05.